The van der Waals surface area contributed by atoms with Crippen LogP contribution < -0.4 is 0 Å². The molecule has 0 radical (unpaired) electrons. The van der Waals surface area contributed by atoms with E-state index in [4.69, 9.17) is 0 Å². The van der Waals surface area contributed by atoms with Crippen LogP contribution in [-0.2, 0) is 10.7 Å². The van der Waals surface area contributed by atoms with Crippen LogP contribution in [0.4, 0.5) is 4.70 Å². The van der Waals surface area contributed by atoms with E-state index >= 15 is 0 Å². The molecular formula is C2H7FO2S. The topological polar surface area (TPSA) is 34.1 Å². The summed E-state index contributed by atoms with van der Waals surface area (Å²) in [5, 5.41) is 0. The maximum Gasteiger partial charge on any atom is 0.139 e. The summed E-state index contributed by atoms with van der Waals surface area (Å²) in [5.74, 6) is 0.259. The Morgan fingerprint density at radius 1 is 1.50 bits per heavy atom. The van der Waals surface area contributed by atoms with Gasteiger partial charge in [-0.2, -0.15) is 0 Å². The molecule has 0 rings (SSSR count). The SMILES string of the molecule is CC[SH](=O)=O.F. The van der Waals surface area contributed by atoms with E-state index in [1.807, 2.05) is 0 Å². The van der Waals surface area contributed by atoms with Crippen molar-refractivity contribution in [3.8, 4) is 0 Å². The van der Waals surface area contributed by atoms with Crippen LogP contribution in [0.1, 0.15) is 6.92 Å². The summed E-state index contributed by atoms with van der Waals surface area (Å²) in [6.45, 7) is 1.60. The summed E-state index contributed by atoms with van der Waals surface area (Å²) in [6.07, 6.45) is 0. The van der Waals surface area contributed by atoms with Gasteiger partial charge in [0.2, 0.25) is 0 Å². The van der Waals surface area contributed by atoms with Crippen molar-refractivity contribution in [2.45, 2.75) is 6.92 Å². The summed E-state index contributed by atoms with van der Waals surface area (Å²) < 4.78 is 18.8. The Balaban J connectivity index is 0. The van der Waals surface area contributed by atoms with Crippen molar-refractivity contribution >= 4 is 10.7 Å². The third-order valence-electron chi connectivity index (χ3n) is 0.258. The second kappa shape index (κ2) is 4.88. The van der Waals surface area contributed by atoms with Gasteiger partial charge in [-0.15, -0.1) is 0 Å². The van der Waals surface area contributed by atoms with Gasteiger partial charge in [-0.1, -0.05) is 6.92 Å². The van der Waals surface area contributed by atoms with E-state index in [1.54, 1.807) is 6.92 Å². The van der Waals surface area contributed by atoms with Gasteiger partial charge in [0, 0.05) is 5.75 Å². The van der Waals surface area contributed by atoms with Crippen LogP contribution in [0.25, 0.3) is 0 Å². The van der Waals surface area contributed by atoms with E-state index in [-0.39, 0.29) is 10.5 Å². The summed E-state index contributed by atoms with van der Waals surface area (Å²) in [5.41, 5.74) is 0. The molecule has 0 heterocycles. The predicted molar refractivity (Wildman–Crippen MR) is 23.4 cm³/mol. The smallest absolute Gasteiger partial charge is 0.139 e. The molecule has 0 aromatic heterocycles. The fourth-order valence-electron chi connectivity index (χ4n) is 0. The predicted octanol–water partition coefficient (Wildman–Crippen LogP) is -0.230. The first kappa shape index (κ1) is 9.30. The maximum absolute atomic E-state index is 9.41. The van der Waals surface area contributed by atoms with Crippen molar-refractivity contribution < 1.29 is 13.1 Å². The van der Waals surface area contributed by atoms with Crippen molar-refractivity contribution in [1.29, 1.82) is 0 Å². The largest absolute Gasteiger partial charge is 0.269 e. The molecule has 6 heavy (non-hydrogen) atoms. The number of thiol groups is 1. The third kappa shape index (κ3) is 9.11. The zero-order valence-electron chi connectivity index (χ0n) is 3.38. The molecule has 0 aliphatic carbocycles. The molecule has 0 aromatic carbocycles. The van der Waals surface area contributed by atoms with Gasteiger partial charge in [0.05, 0.1) is 0 Å². The van der Waals surface area contributed by atoms with Gasteiger partial charge < -0.3 is 0 Å². The van der Waals surface area contributed by atoms with Gasteiger partial charge in [0.25, 0.3) is 0 Å². The molecule has 40 valence electrons. The monoisotopic (exact) mass is 114 g/mol. The van der Waals surface area contributed by atoms with Gasteiger partial charge in [-0.25, -0.2) is 8.42 Å². The van der Waals surface area contributed by atoms with Crippen LogP contribution in [0.3, 0.4) is 0 Å². The Morgan fingerprint density at radius 2 is 1.67 bits per heavy atom. The molecule has 0 atom stereocenters. The summed E-state index contributed by atoms with van der Waals surface area (Å²) in [7, 11) is -2.10. The molecule has 0 aliphatic rings. The molecule has 0 amide bonds. The Kier molecular flexibility index (Phi) is 7.57. The summed E-state index contributed by atoms with van der Waals surface area (Å²) in [6, 6.07) is 0. The van der Waals surface area contributed by atoms with Gasteiger partial charge >= 0.3 is 0 Å². The molecular weight excluding hydrogens is 107 g/mol. The van der Waals surface area contributed by atoms with Crippen molar-refractivity contribution in [2.24, 2.45) is 0 Å². The lowest BCUT2D eigenvalue weighted by Crippen LogP contribution is -1.73. The number of hydrogen-bond donors (Lipinski definition) is 1. The highest BCUT2D eigenvalue weighted by molar-refractivity contribution is 7.72. The highest BCUT2D eigenvalue weighted by Gasteiger charge is 1.65. The lowest BCUT2D eigenvalue weighted by molar-refractivity contribution is 0.615. The van der Waals surface area contributed by atoms with E-state index in [1.165, 1.54) is 0 Å². The van der Waals surface area contributed by atoms with Gasteiger partial charge in [0.15, 0.2) is 0 Å². The van der Waals surface area contributed by atoms with Crippen LogP contribution in [0.2, 0.25) is 0 Å². The molecule has 0 aromatic rings. The molecule has 0 aliphatic heterocycles. The zero-order valence-corrected chi connectivity index (χ0v) is 4.27. The fourth-order valence-corrected chi connectivity index (χ4v) is 0. The first-order chi connectivity index (χ1) is 2.27. The van der Waals surface area contributed by atoms with Crippen molar-refractivity contribution in [1.82, 2.24) is 0 Å². The molecule has 0 spiro atoms. The highest BCUT2D eigenvalue weighted by Crippen LogP contribution is 1.53. The van der Waals surface area contributed by atoms with Crippen LogP contribution in [0, 0.1) is 0 Å². The van der Waals surface area contributed by atoms with E-state index in [0.717, 1.165) is 0 Å². The van der Waals surface area contributed by atoms with Crippen molar-refractivity contribution in [3.05, 3.63) is 0 Å². The molecule has 2 nitrogen and oxygen atoms in total. The molecule has 0 unspecified atom stereocenters. The average molecular weight is 114 g/mol. The Bertz CT molecular complexity index is 69.6. The van der Waals surface area contributed by atoms with Crippen LogP contribution >= 0.6 is 0 Å². The normalized spacial score (nSPS) is 7.67. The van der Waals surface area contributed by atoms with Crippen LogP contribution in [-0.4, -0.2) is 14.2 Å². The van der Waals surface area contributed by atoms with E-state index < -0.39 is 10.7 Å². The van der Waals surface area contributed by atoms with E-state index in [2.05, 4.69) is 0 Å². The van der Waals surface area contributed by atoms with Crippen molar-refractivity contribution in [3.63, 3.8) is 0 Å². The Labute approximate surface area is 37.5 Å². The minimum Gasteiger partial charge on any atom is -0.269 e. The van der Waals surface area contributed by atoms with Gasteiger partial charge in [-0.05, 0) is 0 Å². The second-order valence-corrected chi connectivity index (χ2v) is 1.95. The lowest BCUT2D eigenvalue weighted by atomic mass is 11.0. The Morgan fingerprint density at radius 3 is 1.67 bits per heavy atom. The van der Waals surface area contributed by atoms with E-state index in [9.17, 15) is 8.42 Å². The highest BCUT2D eigenvalue weighted by atomic mass is 32.2. The maximum atomic E-state index is 9.41. The van der Waals surface area contributed by atoms with E-state index in [0.29, 0.717) is 0 Å². The first-order valence-electron chi connectivity index (χ1n) is 1.39. The standard InChI is InChI=1S/C2H6O2S.FH/c1-2-5(3)4;/h5H,2H2,1H3;1H. The number of rotatable bonds is 1. The van der Waals surface area contributed by atoms with Crippen LogP contribution in [0.5, 0.6) is 0 Å². The fraction of sp³-hybridized carbons (Fsp3) is 1.00. The van der Waals surface area contributed by atoms with Crippen LogP contribution in [0.15, 0.2) is 0 Å². The summed E-state index contributed by atoms with van der Waals surface area (Å²) >= 11 is 0. The quantitative estimate of drug-likeness (QED) is 0.478. The first-order valence-corrected chi connectivity index (χ1v) is 2.75. The molecule has 0 N–H and O–H groups in total. The minimum absolute atomic E-state index is 0. The number of halogens is 1. The van der Waals surface area contributed by atoms with Gasteiger partial charge in [0.1, 0.15) is 10.7 Å². The van der Waals surface area contributed by atoms with Crippen molar-refractivity contribution in [2.75, 3.05) is 5.75 Å². The molecule has 0 saturated heterocycles. The Hall–Kier alpha value is -0.120. The molecule has 0 saturated carbocycles. The molecule has 0 fully saturated rings. The lowest BCUT2D eigenvalue weighted by Gasteiger charge is -1.60. The minimum atomic E-state index is -2.10. The second-order valence-electron chi connectivity index (χ2n) is 0.649. The molecule has 4 heteroatoms. The summed E-state index contributed by atoms with van der Waals surface area (Å²) in [4.78, 5) is 0. The zero-order chi connectivity index (χ0) is 4.28. The number of hydrogen-bond acceptors (Lipinski definition) is 2. The average Bonchev–Trinajstić information content (AvgIpc) is 1.38. The van der Waals surface area contributed by atoms with Gasteiger partial charge in [-0.3, -0.25) is 4.70 Å². The molecule has 0 bridgehead atoms. The third-order valence-corrected chi connectivity index (χ3v) is 0.775.